The van der Waals surface area contributed by atoms with Gasteiger partial charge in [-0.15, -0.1) is 0 Å². The molecule has 0 saturated carbocycles. The topological polar surface area (TPSA) is 146 Å². The van der Waals surface area contributed by atoms with Crippen LogP contribution in [0.5, 0.6) is 5.88 Å². The lowest BCUT2D eigenvalue weighted by Gasteiger charge is -2.50. The van der Waals surface area contributed by atoms with Crippen molar-refractivity contribution in [2.45, 2.75) is 30.1 Å². The van der Waals surface area contributed by atoms with Crippen LogP contribution in [-0.4, -0.2) is 47.5 Å². The van der Waals surface area contributed by atoms with E-state index in [1.165, 1.54) is 38.1 Å². The summed E-state index contributed by atoms with van der Waals surface area (Å²) in [4.78, 5) is 28.3. The van der Waals surface area contributed by atoms with Crippen LogP contribution in [0.2, 0.25) is 0 Å². The van der Waals surface area contributed by atoms with Gasteiger partial charge in [0.15, 0.2) is 5.03 Å². The van der Waals surface area contributed by atoms with Crippen molar-refractivity contribution < 1.29 is 18.4 Å². The van der Waals surface area contributed by atoms with Crippen LogP contribution in [0.4, 0.5) is 5.69 Å². The molecule has 2 atom stereocenters. The first-order valence-electron chi connectivity index (χ1n) is 10.4. The molecule has 2 aromatic heterocycles. The van der Waals surface area contributed by atoms with Gasteiger partial charge in [0.05, 0.1) is 28.4 Å². The van der Waals surface area contributed by atoms with Gasteiger partial charge in [0.1, 0.15) is 5.69 Å². The second-order valence-corrected chi connectivity index (χ2v) is 10.3. The minimum absolute atomic E-state index is 0.0855. The molecule has 0 radical (unpaired) electrons. The highest BCUT2D eigenvalue weighted by atomic mass is 32.2. The Bertz CT molecular complexity index is 1680. The average Bonchev–Trinajstić information content (AvgIpc) is 3.35. The molecule has 12 nitrogen and oxygen atoms in total. The van der Waals surface area contributed by atoms with E-state index >= 15 is 0 Å². The largest absolute Gasteiger partial charge is 0.493 e. The molecule has 1 fully saturated rings. The van der Waals surface area contributed by atoms with E-state index in [4.69, 9.17) is 0 Å². The summed E-state index contributed by atoms with van der Waals surface area (Å²) in [6, 6.07) is 8.10. The summed E-state index contributed by atoms with van der Waals surface area (Å²) in [5.41, 5.74) is -0.168. The van der Waals surface area contributed by atoms with Gasteiger partial charge in [0.2, 0.25) is 5.88 Å². The van der Waals surface area contributed by atoms with E-state index in [9.17, 15) is 28.4 Å². The summed E-state index contributed by atoms with van der Waals surface area (Å²) in [5, 5.41) is 23.3. The maximum atomic E-state index is 13.3. The SMILES string of the molecule is Cn1cnc(S(=O)(=O)N2C3CC2c2c(O)n(-c4ccc([N+](=O)[O-])c5ccccc45)c(=O)n2C3)c1. The Morgan fingerprint density at radius 3 is 2.59 bits per heavy atom. The first kappa shape index (κ1) is 20.6. The zero-order valence-corrected chi connectivity index (χ0v) is 18.6. The lowest BCUT2D eigenvalue weighted by molar-refractivity contribution is -0.383. The maximum absolute atomic E-state index is 13.3. The van der Waals surface area contributed by atoms with Crippen LogP contribution in [-0.2, 0) is 23.6 Å². The number of rotatable bonds is 4. The molecule has 34 heavy (non-hydrogen) atoms. The van der Waals surface area contributed by atoms with Crippen LogP contribution >= 0.6 is 0 Å². The monoisotopic (exact) mass is 482 g/mol. The molecule has 0 aliphatic carbocycles. The first-order valence-corrected chi connectivity index (χ1v) is 11.9. The summed E-state index contributed by atoms with van der Waals surface area (Å²) < 4.78 is 31.7. The molecule has 13 heteroatoms. The van der Waals surface area contributed by atoms with Crippen LogP contribution in [0.3, 0.4) is 0 Å². The van der Waals surface area contributed by atoms with Crippen LogP contribution in [0.15, 0.2) is 58.7 Å². The quantitative estimate of drug-likeness (QED) is 0.344. The Morgan fingerprint density at radius 1 is 1.18 bits per heavy atom. The van der Waals surface area contributed by atoms with E-state index in [1.54, 1.807) is 31.3 Å². The van der Waals surface area contributed by atoms with Gasteiger partial charge in [-0.25, -0.2) is 22.8 Å². The predicted molar refractivity (Wildman–Crippen MR) is 119 cm³/mol. The van der Waals surface area contributed by atoms with Crippen molar-refractivity contribution in [3.63, 3.8) is 0 Å². The Morgan fingerprint density at radius 2 is 1.91 bits per heavy atom. The van der Waals surface area contributed by atoms with Gasteiger partial charge >= 0.3 is 5.69 Å². The molecule has 2 bridgehead atoms. The van der Waals surface area contributed by atoms with Crippen LogP contribution < -0.4 is 5.69 Å². The highest BCUT2D eigenvalue weighted by molar-refractivity contribution is 7.89. The molecule has 1 N–H and O–H groups in total. The number of non-ortho nitro benzene ring substituents is 1. The normalized spacial score (nSPS) is 19.7. The maximum Gasteiger partial charge on any atom is 0.336 e. The van der Waals surface area contributed by atoms with Crippen molar-refractivity contribution in [1.29, 1.82) is 0 Å². The standard InChI is InChI=1S/C21H18N6O6S/c1-23-10-18(22-11-23)34(32,33)26-12-8-17(26)19-20(28)25(21(29)24(19)9-12)15-6-7-16(27(30)31)14-5-3-2-4-13(14)15/h2-7,10-12,17,28H,8-9H2,1H3. The van der Waals surface area contributed by atoms with Crippen LogP contribution in [0, 0.1) is 10.1 Å². The minimum atomic E-state index is -3.93. The highest BCUT2D eigenvalue weighted by Gasteiger charge is 2.54. The number of benzene rings is 2. The lowest BCUT2D eigenvalue weighted by Crippen LogP contribution is -2.59. The molecule has 5 heterocycles. The number of hydrogen-bond donors (Lipinski definition) is 1. The minimum Gasteiger partial charge on any atom is -0.493 e. The molecule has 2 unspecified atom stereocenters. The van der Waals surface area contributed by atoms with Gasteiger partial charge in [-0.3, -0.25) is 14.7 Å². The summed E-state index contributed by atoms with van der Waals surface area (Å²) in [5.74, 6) is -0.381. The summed E-state index contributed by atoms with van der Waals surface area (Å²) in [7, 11) is -2.26. The highest BCUT2D eigenvalue weighted by Crippen LogP contribution is 2.50. The van der Waals surface area contributed by atoms with Crippen molar-refractivity contribution in [1.82, 2.24) is 23.0 Å². The number of aromatic nitrogens is 4. The molecule has 1 saturated heterocycles. The zero-order valence-electron chi connectivity index (χ0n) is 17.8. The third-order valence-corrected chi connectivity index (χ3v) is 8.41. The summed E-state index contributed by atoms with van der Waals surface area (Å²) >= 11 is 0. The number of imidazole rings is 2. The second kappa shape index (κ2) is 6.77. The smallest absolute Gasteiger partial charge is 0.336 e. The van der Waals surface area contributed by atoms with Gasteiger partial charge in [0.25, 0.3) is 15.7 Å². The Hall–Kier alpha value is -3.97. The van der Waals surface area contributed by atoms with Crippen LogP contribution in [0.25, 0.3) is 16.5 Å². The van der Waals surface area contributed by atoms with Gasteiger partial charge in [0, 0.05) is 37.3 Å². The molecule has 0 spiro atoms. The first-order chi connectivity index (χ1) is 16.2. The number of hydrogen-bond acceptors (Lipinski definition) is 7. The lowest BCUT2D eigenvalue weighted by atomic mass is 9.90. The van der Waals surface area contributed by atoms with Gasteiger partial charge in [-0.05, 0) is 18.6 Å². The third kappa shape index (κ3) is 2.58. The van der Waals surface area contributed by atoms with E-state index in [0.717, 1.165) is 4.57 Å². The van der Waals surface area contributed by atoms with E-state index in [0.29, 0.717) is 17.2 Å². The molecule has 0 amide bonds. The van der Waals surface area contributed by atoms with E-state index < -0.39 is 32.7 Å². The van der Waals surface area contributed by atoms with E-state index in [1.807, 2.05) is 0 Å². The number of fused-ring (bicyclic) bond motifs is 1. The van der Waals surface area contributed by atoms with Crippen LogP contribution in [0.1, 0.15) is 18.2 Å². The predicted octanol–water partition coefficient (Wildman–Crippen LogP) is 1.66. The van der Waals surface area contributed by atoms with Crippen molar-refractivity contribution in [3.8, 4) is 11.6 Å². The van der Waals surface area contributed by atoms with Crippen molar-refractivity contribution in [2.24, 2.45) is 7.05 Å². The van der Waals surface area contributed by atoms with Gasteiger partial charge in [-0.1, -0.05) is 18.2 Å². The fraction of sp³-hybridized carbons (Fsp3) is 0.238. The summed E-state index contributed by atoms with van der Waals surface area (Å²) in [6.07, 6.45) is 3.26. The van der Waals surface area contributed by atoms with E-state index in [-0.39, 0.29) is 34.5 Å². The third-order valence-electron chi connectivity index (χ3n) is 6.56. The molecule has 174 valence electrons. The molecule has 4 aromatic rings. The Kier molecular flexibility index (Phi) is 4.11. The van der Waals surface area contributed by atoms with Crippen molar-refractivity contribution in [2.75, 3.05) is 0 Å². The van der Waals surface area contributed by atoms with Crippen molar-refractivity contribution in [3.05, 3.63) is 75.2 Å². The van der Waals surface area contributed by atoms with Gasteiger partial charge < -0.3 is 9.67 Å². The number of aryl methyl sites for hydroxylation is 1. The number of nitro groups is 1. The number of sulfonamides is 1. The Balaban J connectivity index is 1.51. The average molecular weight is 482 g/mol. The van der Waals surface area contributed by atoms with E-state index in [2.05, 4.69) is 4.98 Å². The number of nitrogens with zero attached hydrogens (tertiary/aromatic N) is 6. The van der Waals surface area contributed by atoms with Gasteiger partial charge in [-0.2, -0.15) is 4.31 Å². The number of nitro benzene ring substituents is 1. The fourth-order valence-electron chi connectivity index (χ4n) is 5.07. The molecule has 7 rings (SSSR count). The molecular formula is C21H18N6O6S. The molecule has 3 aliphatic rings. The van der Waals surface area contributed by atoms with Crippen molar-refractivity contribution >= 4 is 26.5 Å². The molecule has 3 aliphatic heterocycles. The second-order valence-electron chi connectivity index (χ2n) is 8.46. The number of aromatic hydroxyl groups is 1. The fourth-order valence-corrected chi connectivity index (χ4v) is 6.83. The molecule has 2 aromatic carbocycles. The Labute approximate surface area is 192 Å². The zero-order chi connectivity index (χ0) is 23.9. The summed E-state index contributed by atoms with van der Waals surface area (Å²) in [6.45, 7) is 0.0855. The molecular weight excluding hydrogens is 464 g/mol.